The summed E-state index contributed by atoms with van der Waals surface area (Å²) in [7, 11) is 0. The normalized spacial score (nSPS) is 14.3. The molecule has 3 aromatic carbocycles. The lowest BCUT2D eigenvalue weighted by Crippen LogP contribution is -2.49. The Morgan fingerprint density at radius 1 is 1.00 bits per heavy atom. The number of benzene rings is 3. The minimum absolute atomic E-state index is 0.00150. The van der Waals surface area contributed by atoms with Crippen LogP contribution in [0.25, 0.3) is 10.8 Å². The van der Waals surface area contributed by atoms with Crippen LogP contribution in [0.1, 0.15) is 37.8 Å². The predicted molar refractivity (Wildman–Crippen MR) is 180 cm³/mol. The van der Waals surface area contributed by atoms with Gasteiger partial charge in [-0.2, -0.15) is 23.5 Å². The molecule has 0 saturated carbocycles. The number of thioether (sulfide) groups is 2. The number of hydrogen-bond donors (Lipinski definition) is 3. The van der Waals surface area contributed by atoms with Gasteiger partial charge in [0.2, 0.25) is 5.91 Å². The van der Waals surface area contributed by atoms with E-state index in [0.717, 1.165) is 28.5 Å². The van der Waals surface area contributed by atoms with Crippen molar-refractivity contribution in [1.82, 2.24) is 10.2 Å². The number of carboxylic acid groups (broad SMARTS) is 1. The van der Waals surface area contributed by atoms with E-state index in [1.54, 1.807) is 11.8 Å². The lowest BCUT2D eigenvalue weighted by molar-refractivity contribution is -0.142. The number of nitrogens with one attached hydrogen (secondary N) is 1. The first-order chi connectivity index (χ1) is 20.7. The van der Waals surface area contributed by atoms with Crippen LogP contribution in [0, 0.1) is 11.8 Å². The van der Waals surface area contributed by atoms with E-state index in [1.807, 2.05) is 53.6 Å². The van der Waals surface area contributed by atoms with E-state index in [1.165, 1.54) is 17.3 Å². The minimum atomic E-state index is -1.05. The molecule has 0 aliphatic heterocycles. The van der Waals surface area contributed by atoms with Crippen molar-refractivity contribution in [3.63, 3.8) is 0 Å². The maximum absolute atomic E-state index is 13.8. The molecule has 1 amide bonds. The highest BCUT2D eigenvalue weighted by Gasteiger charge is 2.31. The van der Waals surface area contributed by atoms with Gasteiger partial charge in [-0.3, -0.25) is 14.5 Å². The first kappa shape index (κ1) is 34.6. The highest BCUT2D eigenvalue weighted by Crippen LogP contribution is 2.24. The Labute approximate surface area is 264 Å². The predicted octanol–water partition coefficient (Wildman–Crippen LogP) is 5.46. The number of carbonyl (C=O) groups is 3. The molecule has 4 atom stereocenters. The van der Waals surface area contributed by atoms with E-state index in [-0.39, 0.29) is 30.1 Å². The standard InChI is InChI=1S/C34H45N3O4S2/c1-4-24(2)29(33(39)30(35)23-43-22-25-11-6-5-7-12-25)20-37(21-32(38)36-31(34(40)41)17-18-42-3)19-27-15-10-14-26-13-8-9-16-28(26)27/h5-16,24,29-31H,4,17-23,35H2,1-3H3,(H,36,38)(H,40,41)/t24-,29+,30-,31-/m0/s1. The highest BCUT2D eigenvalue weighted by molar-refractivity contribution is 7.98. The van der Waals surface area contributed by atoms with Crippen molar-refractivity contribution in [2.24, 2.45) is 17.6 Å². The van der Waals surface area contributed by atoms with Gasteiger partial charge in [0.15, 0.2) is 5.78 Å². The van der Waals surface area contributed by atoms with Gasteiger partial charge in [-0.15, -0.1) is 0 Å². The fraction of sp³-hybridized carbons (Fsp3) is 0.441. The third-order valence-electron chi connectivity index (χ3n) is 7.81. The van der Waals surface area contributed by atoms with Crippen LogP contribution >= 0.6 is 23.5 Å². The fourth-order valence-corrected chi connectivity index (χ4v) is 6.58. The topological polar surface area (TPSA) is 113 Å². The van der Waals surface area contributed by atoms with Gasteiger partial charge in [-0.05, 0) is 46.2 Å². The summed E-state index contributed by atoms with van der Waals surface area (Å²) in [5.74, 6) is 0.200. The van der Waals surface area contributed by atoms with Gasteiger partial charge in [0.05, 0.1) is 12.6 Å². The maximum atomic E-state index is 13.8. The van der Waals surface area contributed by atoms with Crippen LogP contribution in [0.15, 0.2) is 72.8 Å². The minimum Gasteiger partial charge on any atom is -0.480 e. The molecule has 0 radical (unpaired) electrons. The number of nitrogens with zero attached hydrogens (tertiary/aromatic N) is 1. The molecule has 3 rings (SSSR count). The van der Waals surface area contributed by atoms with Crippen molar-refractivity contribution < 1.29 is 19.5 Å². The van der Waals surface area contributed by atoms with Crippen molar-refractivity contribution >= 4 is 52.0 Å². The van der Waals surface area contributed by atoms with E-state index in [2.05, 4.69) is 49.5 Å². The molecule has 3 aromatic rings. The number of rotatable bonds is 19. The van der Waals surface area contributed by atoms with Crippen LogP contribution < -0.4 is 11.1 Å². The second-order valence-electron chi connectivity index (χ2n) is 11.0. The number of aliphatic carboxylic acids is 1. The number of carboxylic acids is 1. The molecule has 9 heteroatoms. The number of nitrogens with two attached hydrogens (primary N) is 1. The summed E-state index contributed by atoms with van der Waals surface area (Å²) in [5, 5.41) is 14.6. The van der Waals surface area contributed by atoms with Crippen molar-refractivity contribution in [2.45, 2.75) is 51.1 Å². The van der Waals surface area contributed by atoms with Gasteiger partial charge >= 0.3 is 5.97 Å². The largest absolute Gasteiger partial charge is 0.480 e. The Bertz CT molecular complexity index is 1320. The molecule has 0 aliphatic carbocycles. The lowest BCUT2D eigenvalue weighted by atomic mass is 9.85. The number of ketones is 1. The Balaban J connectivity index is 1.80. The maximum Gasteiger partial charge on any atom is 0.326 e. The third-order valence-corrected chi connectivity index (χ3v) is 9.59. The summed E-state index contributed by atoms with van der Waals surface area (Å²) in [5.41, 5.74) is 8.72. The van der Waals surface area contributed by atoms with Crippen LogP contribution in [0.3, 0.4) is 0 Å². The highest BCUT2D eigenvalue weighted by atomic mass is 32.2. The quantitative estimate of drug-likeness (QED) is 0.162. The van der Waals surface area contributed by atoms with Gasteiger partial charge in [-0.25, -0.2) is 4.79 Å². The average molecular weight is 624 g/mol. The molecule has 7 nitrogen and oxygen atoms in total. The van der Waals surface area contributed by atoms with Crippen molar-refractivity contribution in [2.75, 3.05) is 30.9 Å². The van der Waals surface area contributed by atoms with E-state index in [9.17, 15) is 19.5 Å². The summed E-state index contributed by atoms with van der Waals surface area (Å²) < 4.78 is 0. The molecular formula is C34H45N3O4S2. The molecule has 0 aromatic heterocycles. The van der Waals surface area contributed by atoms with E-state index < -0.39 is 18.1 Å². The van der Waals surface area contributed by atoms with Crippen LogP contribution in [-0.4, -0.2) is 70.6 Å². The molecule has 0 bridgehead atoms. The Kier molecular flexibility index (Phi) is 14.6. The van der Waals surface area contributed by atoms with Crippen LogP contribution in [-0.2, 0) is 26.7 Å². The van der Waals surface area contributed by atoms with Gasteiger partial charge in [-0.1, -0.05) is 93.1 Å². The molecule has 232 valence electrons. The summed E-state index contributed by atoms with van der Waals surface area (Å²) in [4.78, 5) is 40.9. The molecule has 0 fully saturated rings. The monoisotopic (exact) mass is 623 g/mol. The molecule has 0 unspecified atom stereocenters. The van der Waals surface area contributed by atoms with E-state index in [0.29, 0.717) is 31.0 Å². The second-order valence-corrected chi connectivity index (χ2v) is 13.1. The van der Waals surface area contributed by atoms with Crippen LogP contribution in [0.4, 0.5) is 0 Å². The molecule has 4 N–H and O–H groups in total. The molecular weight excluding hydrogens is 579 g/mol. The van der Waals surface area contributed by atoms with Gasteiger partial charge in [0.25, 0.3) is 0 Å². The number of hydrogen-bond acceptors (Lipinski definition) is 7. The smallest absolute Gasteiger partial charge is 0.326 e. The summed E-state index contributed by atoms with van der Waals surface area (Å²) >= 11 is 3.19. The Morgan fingerprint density at radius 2 is 1.70 bits per heavy atom. The molecule has 0 heterocycles. The number of carbonyl (C=O) groups excluding carboxylic acids is 2. The first-order valence-corrected chi connectivity index (χ1v) is 17.4. The van der Waals surface area contributed by atoms with Gasteiger partial charge < -0.3 is 16.2 Å². The van der Waals surface area contributed by atoms with Crippen LogP contribution in [0.2, 0.25) is 0 Å². The van der Waals surface area contributed by atoms with Crippen molar-refractivity contribution in [3.8, 4) is 0 Å². The Hall–Kier alpha value is -2.85. The number of Topliss-reactive ketones (excluding diaryl/α,β-unsaturated/α-hetero) is 1. The average Bonchev–Trinajstić information content (AvgIpc) is 3.01. The van der Waals surface area contributed by atoms with Gasteiger partial charge in [0.1, 0.15) is 6.04 Å². The zero-order chi connectivity index (χ0) is 31.2. The first-order valence-electron chi connectivity index (χ1n) is 14.8. The van der Waals surface area contributed by atoms with Gasteiger partial charge in [0, 0.05) is 30.5 Å². The molecule has 43 heavy (non-hydrogen) atoms. The second kappa shape index (κ2) is 18.1. The zero-order valence-electron chi connectivity index (χ0n) is 25.4. The number of amides is 1. The van der Waals surface area contributed by atoms with Crippen molar-refractivity contribution in [3.05, 3.63) is 83.9 Å². The van der Waals surface area contributed by atoms with E-state index >= 15 is 0 Å². The Morgan fingerprint density at radius 3 is 2.40 bits per heavy atom. The summed E-state index contributed by atoms with van der Waals surface area (Å²) in [6.07, 6.45) is 3.04. The zero-order valence-corrected chi connectivity index (χ0v) is 27.0. The van der Waals surface area contributed by atoms with Crippen molar-refractivity contribution in [1.29, 1.82) is 0 Å². The van der Waals surface area contributed by atoms with Crippen LogP contribution in [0.5, 0.6) is 0 Å². The number of fused-ring (bicyclic) bond motifs is 1. The fourth-order valence-electron chi connectivity index (χ4n) is 5.14. The third kappa shape index (κ3) is 11.0. The lowest BCUT2D eigenvalue weighted by Gasteiger charge is -2.31. The SMILES string of the molecule is CC[C@H](C)[C@@H](CN(CC(=O)N[C@@H](CCSC)C(=O)O)Cc1cccc2ccccc12)C(=O)[C@@H](N)CSCc1ccccc1. The molecule has 0 spiro atoms. The summed E-state index contributed by atoms with van der Waals surface area (Å²) in [6, 6.07) is 22.7. The molecule has 0 aliphatic rings. The van der Waals surface area contributed by atoms with E-state index in [4.69, 9.17) is 5.73 Å². The molecule has 0 saturated heterocycles. The summed E-state index contributed by atoms with van der Waals surface area (Å²) in [6.45, 7) is 4.89.